The van der Waals surface area contributed by atoms with Gasteiger partial charge in [0, 0.05) is 26.3 Å². The average molecular weight is 331 g/mol. The average Bonchev–Trinajstić information content (AvgIpc) is 2.54. The van der Waals surface area contributed by atoms with E-state index in [4.69, 9.17) is 0 Å². The molecule has 0 saturated carbocycles. The van der Waals surface area contributed by atoms with E-state index in [-0.39, 0.29) is 17.7 Å². The Morgan fingerprint density at radius 1 is 1.29 bits per heavy atom. The van der Waals surface area contributed by atoms with Crippen molar-refractivity contribution in [1.82, 2.24) is 9.80 Å². The summed E-state index contributed by atoms with van der Waals surface area (Å²) in [4.78, 5) is 28.3. The van der Waals surface area contributed by atoms with Crippen LogP contribution >= 0.6 is 0 Å². The molecule has 1 aliphatic rings. The molecule has 24 heavy (non-hydrogen) atoms. The van der Waals surface area contributed by atoms with E-state index in [1.165, 1.54) is 0 Å². The van der Waals surface area contributed by atoms with Crippen LogP contribution in [-0.4, -0.2) is 55.3 Å². The first kappa shape index (κ1) is 18.5. The summed E-state index contributed by atoms with van der Waals surface area (Å²) in [6.07, 6.45) is 1.87. The molecule has 0 bridgehead atoms. The van der Waals surface area contributed by atoms with E-state index in [1.807, 2.05) is 24.3 Å². The highest BCUT2D eigenvalue weighted by molar-refractivity contribution is 5.93. The lowest BCUT2D eigenvalue weighted by Gasteiger charge is -2.32. The molecule has 1 aliphatic heterocycles. The van der Waals surface area contributed by atoms with Crippen molar-refractivity contribution in [2.24, 2.45) is 5.92 Å². The second-order valence-electron chi connectivity index (χ2n) is 7.10. The third-order valence-corrected chi connectivity index (χ3v) is 4.52. The number of carbonyl (C=O) groups excluding carboxylic acids is 2. The molecule has 5 nitrogen and oxygen atoms in total. The number of hydrogen-bond acceptors (Lipinski definition) is 3. The first-order valence-corrected chi connectivity index (χ1v) is 8.70. The number of benzene rings is 1. The number of nitrogens with one attached hydrogen (secondary N) is 1. The fourth-order valence-electron chi connectivity index (χ4n) is 3.27. The van der Waals surface area contributed by atoms with Crippen LogP contribution < -0.4 is 5.32 Å². The van der Waals surface area contributed by atoms with Crippen molar-refractivity contribution in [1.29, 1.82) is 0 Å². The van der Waals surface area contributed by atoms with Crippen molar-refractivity contribution in [3.8, 4) is 0 Å². The Morgan fingerprint density at radius 3 is 2.67 bits per heavy atom. The highest BCUT2D eigenvalue weighted by Gasteiger charge is 2.27. The Hall–Kier alpha value is -1.88. The Kier molecular flexibility index (Phi) is 6.37. The van der Waals surface area contributed by atoms with Gasteiger partial charge in [0.25, 0.3) is 0 Å². The molecular weight excluding hydrogens is 302 g/mol. The Bertz CT molecular complexity index is 584. The summed E-state index contributed by atoms with van der Waals surface area (Å²) in [6, 6.07) is 7.93. The van der Waals surface area contributed by atoms with Crippen molar-refractivity contribution in [3.05, 3.63) is 29.8 Å². The first-order valence-electron chi connectivity index (χ1n) is 8.70. The largest absolute Gasteiger partial charge is 0.349 e. The number of anilines is 1. The zero-order chi connectivity index (χ0) is 17.7. The number of para-hydroxylation sites is 1. The molecule has 1 heterocycles. The quantitative estimate of drug-likeness (QED) is 0.902. The Balaban J connectivity index is 1.94. The molecule has 0 spiro atoms. The minimum absolute atomic E-state index is 0.00417. The summed E-state index contributed by atoms with van der Waals surface area (Å²) >= 11 is 0. The first-order chi connectivity index (χ1) is 11.4. The van der Waals surface area contributed by atoms with Crippen LogP contribution in [0.1, 0.15) is 38.2 Å². The third-order valence-electron chi connectivity index (χ3n) is 4.52. The summed E-state index contributed by atoms with van der Waals surface area (Å²) < 4.78 is 0. The van der Waals surface area contributed by atoms with E-state index in [0.29, 0.717) is 19.0 Å². The van der Waals surface area contributed by atoms with Gasteiger partial charge in [0.15, 0.2) is 0 Å². The third kappa shape index (κ3) is 4.81. The molecule has 132 valence electrons. The number of rotatable bonds is 5. The number of piperidine rings is 1. The molecule has 1 unspecified atom stereocenters. The van der Waals surface area contributed by atoms with Gasteiger partial charge in [-0.1, -0.05) is 32.0 Å². The van der Waals surface area contributed by atoms with Gasteiger partial charge in [-0.05, 0) is 36.9 Å². The van der Waals surface area contributed by atoms with Crippen LogP contribution in [0.25, 0.3) is 0 Å². The maximum atomic E-state index is 12.4. The summed E-state index contributed by atoms with van der Waals surface area (Å²) in [5.74, 6) is 0.509. The van der Waals surface area contributed by atoms with Crippen LogP contribution in [0.4, 0.5) is 5.69 Å². The van der Waals surface area contributed by atoms with E-state index >= 15 is 0 Å². The predicted molar refractivity (Wildman–Crippen MR) is 97.0 cm³/mol. The van der Waals surface area contributed by atoms with Gasteiger partial charge in [0.1, 0.15) is 0 Å². The molecule has 1 N–H and O–H groups in total. The Morgan fingerprint density at radius 2 is 2.00 bits per heavy atom. The second-order valence-corrected chi connectivity index (χ2v) is 7.10. The second kappa shape index (κ2) is 8.29. The monoisotopic (exact) mass is 331 g/mol. The van der Waals surface area contributed by atoms with Crippen LogP contribution in [0.2, 0.25) is 0 Å². The topological polar surface area (TPSA) is 52.7 Å². The van der Waals surface area contributed by atoms with E-state index in [1.54, 1.807) is 19.0 Å². The molecule has 2 rings (SSSR count). The van der Waals surface area contributed by atoms with E-state index in [2.05, 4.69) is 24.1 Å². The van der Waals surface area contributed by atoms with Gasteiger partial charge < -0.3 is 10.2 Å². The summed E-state index contributed by atoms with van der Waals surface area (Å²) in [5.41, 5.74) is 2.03. The maximum Gasteiger partial charge on any atom is 0.238 e. The van der Waals surface area contributed by atoms with E-state index in [9.17, 15) is 9.59 Å². The van der Waals surface area contributed by atoms with Gasteiger partial charge >= 0.3 is 0 Å². The number of likely N-dealkylation sites (tertiary alicyclic amines) is 1. The molecule has 0 radical (unpaired) electrons. The highest BCUT2D eigenvalue weighted by Crippen LogP contribution is 2.24. The standard InChI is InChI=1S/C19H29N3O2/c1-14(2)16-9-5-6-10-17(16)20-18(23)13-22-11-7-8-15(12-22)19(24)21(3)4/h5-6,9-10,14-15H,7-8,11-13H2,1-4H3,(H,20,23). The molecule has 1 atom stereocenters. The van der Waals surface area contributed by atoms with Crippen LogP contribution in [0.15, 0.2) is 24.3 Å². The zero-order valence-electron chi connectivity index (χ0n) is 15.2. The number of amides is 2. The number of hydrogen-bond donors (Lipinski definition) is 1. The van der Waals surface area contributed by atoms with Crippen molar-refractivity contribution in [2.45, 2.75) is 32.6 Å². The van der Waals surface area contributed by atoms with Gasteiger partial charge in [-0.25, -0.2) is 0 Å². The number of carbonyl (C=O) groups is 2. The van der Waals surface area contributed by atoms with Crippen LogP contribution in [0.5, 0.6) is 0 Å². The molecule has 1 aromatic rings. The van der Waals surface area contributed by atoms with Crippen molar-refractivity contribution >= 4 is 17.5 Å². The molecule has 0 aromatic heterocycles. The number of nitrogens with zero attached hydrogens (tertiary/aromatic N) is 2. The smallest absolute Gasteiger partial charge is 0.238 e. The van der Waals surface area contributed by atoms with Gasteiger partial charge in [0.05, 0.1) is 12.5 Å². The van der Waals surface area contributed by atoms with Gasteiger partial charge in [-0.3, -0.25) is 14.5 Å². The molecule has 1 fully saturated rings. The van der Waals surface area contributed by atoms with Crippen LogP contribution in [0, 0.1) is 5.92 Å². The van der Waals surface area contributed by atoms with E-state index in [0.717, 1.165) is 30.6 Å². The minimum Gasteiger partial charge on any atom is -0.349 e. The predicted octanol–water partition coefficient (Wildman–Crippen LogP) is 2.55. The molecule has 1 aromatic carbocycles. The molecule has 0 aliphatic carbocycles. The molecule has 1 saturated heterocycles. The van der Waals surface area contributed by atoms with Crippen molar-refractivity contribution in [2.75, 3.05) is 39.0 Å². The van der Waals surface area contributed by atoms with Crippen LogP contribution in [0.3, 0.4) is 0 Å². The molecule has 2 amide bonds. The minimum atomic E-state index is -0.0129. The summed E-state index contributed by atoms with van der Waals surface area (Å²) in [6.45, 7) is 6.11. The molecule has 5 heteroatoms. The molecular formula is C19H29N3O2. The normalized spacial score (nSPS) is 18.5. The van der Waals surface area contributed by atoms with Crippen molar-refractivity contribution < 1.29 is 9.59 Å². The fourth-order valence-corrected chi connectivity index (χ4v) is 3.27. The lowest BCUT2D eigenvalue weighted by molar-refractivity contribution is -0.135. The lowest BCUT2D eigenvalue weighted by Crippen LogP contribution is -2.45. The highest BCUT2D eigenvalue weighted by atomic mass is 16.2. The Labute approximate surface area is 145 Å². The SMILES string of the molecule is CC(C)c1ccccc1NC(=O)CN1CCCC(C(=O)N(C)C)C1. The van der Waals surface area contributed by atoms with Crippen molar-refractivity contribution in [3.63, 3.8) is 0 Å². The summed E-state index contributed by atoms with van der Waals surface area (Å²) in [7, 11) is 3.58. The van der Waals surface area contributed by atoms with E-state index < -0.39 is 0 Å². The van der Waals surface area contributed by atoms with Crippen LogP contribution in [-0.2, 0) is 9.59 Å². The van der Waals surface area contributed by atoms with Gasteiger partial charge in [-0.2, -0.15) is 0 Å². The van der Waals surface area contributed by atoms with Gasteiger partial charge in [0.2, 0.25) is 11.8 Å². The summed E-state index contributed by atoms with van der Waals surface area (Å²) in [5, 5.41) is 3.03. The zero-order valence-corrected chi connectivity index (χ0v) is 15.2. The van der Waals surface area contributed by atoms with Gasteiger partial charge in [-0.15, -0.1) is 0 Å². The maximum absolute atomic E-state index is 12.4. The lowest BCUT2D eigenvalue weighted by atomic mass is 9.96. The fraction of sp³-hybridized carbons (Fsp3) is 0.579.